The molecule has 0 amide bonds. The summed E-state index contributed by atoms with van der Waals surface area (Å²) in [4.78, 5) is 7.42. The fourth-order valence-corrected chi connectivity index (χ4v) is 1.99. The van der Waals surface area contributed by atoms with Gasteiger partial charge in [0.25, 0.3) is 0 Å². The number of aryl methyl sites for hydroxylation is 2. The zero-order valence-corrected chi connectivity index (χ0v) is 9.91. The third-order valence-electron chi connectivity index (χ3n) is 2.77. The highest BCUT2D eigenvalue weighted by Gasteiger charge is 2.14. The third-order valence-corrected chi connectivity index (χ3v) is 2.77. The summed E-state index contributed by atoms with van der Waals surface area (Å²) in [5.41, 5.74) is 9.84. The van der Waals surface area contributed by atoms with Crippen LogP contribution in [0.3, 0.4) is 0 Å². The average molecular weight is 219 g/mol. The highest BCUT2D eigenvalue weighted by atomic mass is 15.3. The molecule has 0 aliphatic rings. The van der Waals surface area contributed by atoms with E-state index in [4.69, 9.17) is 5.73 Å². The monoisotopic (exact) mass is 219 g/mol. The normalized spacial score (nSPS) is 11.0. The lowest BCUT2D eigenvalue weighted by molar-refractivity contribution is 0.634. The van der Waals surface area contributed by atoms with Gasteiger partial charge in [0.15, 0.2) is 0 Å². The van der Waals surface area contributed by atoms with E-state index < -0.39 is 0 Å². The molecule has 0 unspecified atom stereocenters. The lowest BCUT2D eigenvalue weighted by Gasteiger charge is -2.00. The number of nitrogens with two attached hydrogens (primary N) is 1. The Morgan fingerprint density at radius 1 is 1.44 bits per heavy atom. The minimum atomic E-state index is 0.431. The van der Waals surface area contributed by atoms with Gasteiger partial charge in [0.2, 0.25) is 0 Å². The maximum Gasteiger partial charge on any atom is 0.120 e. The fourth-order valence-electron chi connectivity index (χ4n) is 1.99. The third kappa shape index (κ3) is 1.63. The van der Waals surface area contributed by atoms with E-state index in [2.05, 4.69) is 28.9 Å². The minimum absolute atomic E-state index is 0.431. The molecule has 86 valence electrons. The first kappa shape index (κ1) is 10.9. The number of rotatable bonds is 3. The lowest BCUT2D eigenvalue weighted by Crippen LogP contribution is -1.99. The molecular formula is C11H17N5. The largest absolute Gasteiger partial charge is 0.341 e. The molecule has 5 nitrogen and oxygen atoms in total. The summed E-state index contributed by atoms with van der Waals surface area (Å²) in [6.45, 7) is 7.48. The Balaban J connectivity index is 2.50. The molecule has 5 heteroatoms. The molecule has 0 aliphatic carbocycles. The van der Waals surface area contributed by atoms with E-state index >= 15 is 0 Å². The van der Waals surface area contributed by atoms with Crippen LogP contribution < -0.4 is 5.73 Å². The van der Waals surface area contributed by atoms with E-state index in [1.54, 1.807) is 0 Å². The topological polar surface area (TPSA) is 72.5 Å². The van der Waals surface area contributed by atoms with Crippen molar-refractivity contribution < 1.29 is 0 Å². The van der Waals surface area contributed by atoms with Crippen LogP contribution in [-0.2, 0) is 13.1 Å². The zero-order chi connectivity index (χ0) is 11.7. The lowest BCUT2D eigenvalue weighted by atomic mass is 10.1. The Morgan fingerprint density at radius 2 is 2.19 bits per heavy atom. The van der Waals surface area contributed by atoms with Gasteiger partial charge in [-0.15, -0.1) is 0 Å². The van der Waals surface area contributed by atoms with Gasteiger partial charge in [-0.2, -0.15) is 5.10 Å². The molecule has 2 aromatic rings. The van der Waals surface area contributed by atoms with Crippen molar-refractivity contribution in [3.05, 3.63) is 23.4 Å². The molecule has 0 saturated carbocycles. The van der Waals surface area contributed by atoms with Gasteiger partial charge in [-0.05, 0) is 20.8 Å². The van der Waals surface area contributed by atoms with E-state index in [1.807, 2.05) is 17.8 Å². The average Bonchev–Trinajstić information content (AvgIpc) is 2.83. The molecule has 0 saturated heterocycles. The van der Waals surface area contributed by atoms with Crippen LogP contribution in [0.4, 0.5) is 0 Å². The Hall–Kier alpha value is -1.62. The van der Waals surface area contributed by atoms with E-state index in [9.17, 15) is 0 Å². The quantitative estimate of drug-likeness (QED) is 0.818. The number of aromatic amines is 1. The number of nitrogens with zero attached hydrogens (tertiary/aromatic N) is 3. The summed E-state index contributed by atoms with van der Waals surface area (Å²) in [6, 6.07) is 0. The van der Waals surface area contributed by atoms with Crippen LogP contribution in [0.2, 0.25) is 0 Å². The van der Waals surface area contributed by atoms with Crippen molar-refractivity contribution in [2.45, 2.75) is 33.9 Å². The van der Waals surface area contributed by atoms with Crippen LogP contribution in [-0.4, -0.2) is 19.7 Å². The first-order chi connectivity index (χ1) is 7.67. The number of imidazole rings is 1. The molecule has 0 aromatic carbocycles. The SMILES string of the molecule is CCn1nc(C)c(-c2cnc(CN)[nH]2)c1C. The van der Waals surface area contributed by atoms with Gasteiger partial charge < -0.3 is 10.7 Å². The smallest absolute Gasteiger partial charge is 0.120 e. The van der Waals surface area contributed by atoms with Crippen molar-refractivity contribution in [3.8, 4) is 11.3 Å². The van der Waals surface area contributed by atoms with Crippen LogP contribution in [0.15, 0.2) is 6.20 Å². The molecular weight excluding hydrogens is 202 g/mol. The summed E-state index contributed by atoms with van der Waals surface area (Å²) in [5.74, 6) is 0.804. The van der Waals surface area contributed by atoms with Crippen molar-refractivity contribution in [1.29, 1.82) is 0 Å². The van der Waals surface area contributed by atoms with Gasteiger partial charge in [0, 0.05) is 17.8 Å². The van der Waals surface area contributed by atoms with Crippen molar-refractivity contribution in [1.82, 2.24) is 19.7 Å². The number of nitrogens with one attached hydrogen (secondary N) is 1. The predicted octanol–water partition coefficient (Wildman–Crippen LogP) is 1.37. The summed E-state index contributed by atoms with van der Waals surface area (Å²) in [5, 5.41) is 4.48. The van der Waals surface area contributed by atoms with Crippen LogP contribution in [0, 0.1) is 13.8 Å². The molecule has 16 heavy (non-hydrogen) atoms. The van der Waals surface area contributed by atoms with Crippen molar-refractivity contribution in [2.24, 2.45) is 5.73 Å². The number of hydrogen-bond donors (Lipinski definition) is 2. The van der Waals surface area contributed by atoms with E-state index in [1.165, 1.54) is 0 Å². The Labute approximate surface area is 94.7 Å². The number of H-pyrrole nitrogens is 1. The van der Waals surface area contributed by atoms with Gasteiger partial charge in [-0.1, -0.05) is 0 Å². The molecule has 2 rings (SSSR count). The summed E-state index contributed by atoms with van der Waals surface area (Å²) >= 11 is 0. The molecule has 2 heterocycles. The van der Waals surface area contributed by atoms with Crippen molar-refractivity contribution in [3.63, 3.8) is 0 Å². The van der Waals surface area contributed by atoms with E-state index in [-0.39, 0.29) is 0 Å². The van der Waals surface area contributed by atoms with Crippen LogP contribution in [0.1, 0.15) is 24.1 Å². The molecule has 0 radical (unpaired) electrons. The standard InChI is InChI=1S/C11H17N5/c1-4-16-8(3)11(7(2)15-16)9-6-13-10(5-12)14-9/h6H,4-5,12H2,1-3H3,(H,13,14). The summed E-state index contributed by atoms with van der Waals surface area (Å²) < 4.78 is 1.99. The fraction of sp³-hybridized carbons (Fsp3) is 0.455. The second-order valence-electron chi connectivity index (χ2n) is 3.81. The van der Waals surface area contributed by atoms with Gasteiger partial charge in [-0.3, -0.25) is 4.68 Å². The highest BCUT2D eigenvalue weighted by molar-refractivity contribution is 5.64. The van der Waals surface area contributed by atoms with Crippen LogP contribution >= 0.6 is 0 Å². The van der Waals surface area contributed by atoms with Crippen LogP contribution in [0.25, 0.3) is 11.3 Å². The molecule has 0 bridgehead atoms. The number of hydrogen-bond acceptors (Lipinski definition) is 3. The van der Waals surface area contributed by atoms with E-state index in [0.29, 0.717) is 6.54 Å². The first-order valence-corrected chi connectivity index (χ1v) is 5.45. The van der Waals surface area contributed by atoms with E-state index in [0.717, 1.165) is 35.0 Å². The molecule has 0 aliphatic heterocycles. The Kier molecular flexibility index (Phi) is 2.78. The second kappa shape index (κ2) is 4.09. The minimum Gasteiger partial charge on any atom is -0.341 e. The summed E-state index contributed by atoms with van der Waals surface area (Å²) in [7, 11) is 0. The second-order valence-corrected chi connectivity index (χ2v) is 3.81. The predicted molar refractivity (Wildman–Crippen MR) is 62.8 cm³/mol. The zero-order valence-electron chi connectivity index (χ0n) is 9.91. The summed E-state index contributed by atoms with van der Waals surface area (Å²) in [6.07, 6.45) is 1.82. The van der Waals surface area contributed by atoms with Gasteiger partial charge in [-0.25, -0.2) is 4.98 Å². The Morgan fingerprint density at radius 3 is 2.69 bits per heavy atom. The Bertz CT molecular complexity index is 494. The number of aromatic nitrogens is 4. The first-order valence-electron chi connectivity index (χ1n) is 5.45. The van der Waals surface area contributed by atoms with Crippen molar-refractivity contribution >= 4 is 0 Å². The van der Waals surface area contributed by atoms with Crippen molar-refractivity contribution in [2.75, 3.05) is 0 Å². The van der Waals surface area contributed by atoms with Gasteiger partial charge in [0.1, 0.15) is 5.82 Å². The maximum absolute atomic E-state index is 5.53. The molecule has 3 N–H and O–H groups in total. The maximum atomic E-state index is 5.53. The van der Waals surface area contributed by atoms with Crippen LogP contribution in [0.5, 0.6) is 0 Å². The molecule has 0 fully saturated rings. The molecule has 0 spiro atoms. The molecule has 0 atom stereocenters. The van der Waals surface area contributed by atoms with Gasteiger partial charge >= 0.3 is 0 Å². The highest BCUT2D eigenvalue weighted by Crippen LogP contribution is 2.25. The van der Waals surface area contributed by atoms with Gasteiger partial charge in [0.05, 0.1) is 24.1 Å². The molecule has 2 aromatic heterocycles.